The second kappa shape index (κ2) is 4.57. The quantitative estimate of drug-likeness (QED) is 0.873. The first-order valence-electron chi connectivity index (χ1n) is 6.21. The topological polar surface area (TPSA) is 32.7 Å². The number of hydrogen-bond acceptors (Lipinski definition) is 3. The number of hydrogen-bond donors (Lipinski definition) is 1. The molecule has 17 heavy (non-hydrogen) atoms. The fourth-order valence-electron chi connectivity index (χ4n) is 2.55. The van der Waals surface area contributed by atoms with Crippen molar-refractivity contribution >= 4 is 5.69 Å². The van der Waals surface area contributed by atoms with Crippen LogP contribution in [-0.4, -0.2) is 29.9 Å². The van der Waals surface area contributed by atoms with Crippen LogP contribution in [0.15, 0.2) is 24.3 Å². The third-order valence-corrected chi connectivity index (χ3v) is 3.32. The van der Waals surface area contributed by atoms with Crippen molar-refractivity contribution in [1.29, 1.82) is 0 Å². The molecule has 3 nitrogen and oxygen atoms in total. The van der Waals surface area contributed by atoms with Crippen LogP contribution in [0.1, 0.15) is 27.2 Å². The van der Waals surface area contributed by atoms with Gasteiger partial charge in [-0.05, 0) is 51.5 Å². The number of nitrogens with zero attached hydrogens (tertiary/aromatic N) is 1. The van der Waals surface area contributed by atoms with Crippen LogP contribution in [0, 0.1) is 0 Å². The third kappa shape index (κ3) is 2.55. The highest BCUT2D eigenvalue weighted by molar-refractivity contribution is 5.52. The fourth-order valence-corrected chi connectivity index (χ4v) is 2.55. The number of benzene rings is 1. The van der Waals surface area contributed by atoms with Gasteiger partial charge in [-0.25, -0.2) is 0 Å². The Morgan fingerprint density at radius 2 is 2.00 bits per heavy atom. The maximum absolute atomic E-state index is 9.77. The lowest BCUT2D eigenvalue weighted by Crippen LogP contribution is -2.38. The highest BCUT2D eigenvalue weighted by atomic mass is 16.5. The van der Waals surface area contributed by atoms with Crippen molar-refractivity contribution < 1.29 is 9.84 Å². The number of aliphatic hydroxyl groups is 1. The molecule has 94 valence electrons. The minimum Gasteiger partial charge on any atom is -0.494 e. The summed E-state index contributed by atoms with van der Waals surface area (Å²) in [5, 5.41) is 9.77. The van der Waals surface area contributed by atoms with Crippen molar-refractivity contribution in [3.8, 4) is 5.75 Å². The summed E-state index contributed by atoms with van der Waals surface area (Å²) in [7, 11) is 0. The molecule has 0 aromatic heterocycles. The van der Waals surface area contributed by atoms with E-state index in [0.717, 1.165) is 17.9 Å². The average Bonchev–Trinajstić information content (AvgIpc) is 2.53. The van der Waals surface area contributed by atoms with Crippen LogP contribution in [0.2, 0.25) is 0 Å². The van der Waals surface area contributed by atoms with Crippen molar-refractivity contribution in [2.45, 2.75) is 38.8 Å². The van der Waals surface area contributed by atoms with E-state index in [1.807, 2.05) is 19.1 Å². The van der Waals surface area contributed by atoms with E-state index in [-0.39, 0.29) is 11.6 Å². The van der Waals surface area contributed by atoms with Gasteiger partial charge in [-0.15, -0.1) is 0 Å². The van der Waals surface area contributed by atoms with Crippen LogP contribution in [0.5, 0.6) is 5.75 Å². The first kappa shape index (κ1) is 12.2. The molecule has 1 atom stereocenters. The summed E-state index contributed by atoms with van der Waals surface area (Å²) in [4.78, 5) is 2.26. The average molecular weight is 235 g/mol. The van der Waals surface area contributed by atoms with Crippen LogP contribution in [-0.2, 0) is 0 Å². The Morgan fingerprint density at radius 3 is 2.47 bits per heavy atom. The normalized spacial score (nSPS) is 22.8. The largest absolute Gasteiger partial charge is 0.494 e. The Bertz CT molecular complexity index is 372. The van der Waals surface area contributed by atoms with E-state index in [2.05, 4.69) is 30.9 Å². The summed E-state index contributed by atoms with van der Waals surface area (Å²) in [6.07, 6.45) is 0.594. The van der Waals surface area contributed by atoms with Crippen molar-refractivity contribution in [2.24, 2.45) is 0 Å². The summed E-state index contributed by atoms with van der Waals surface area (Å²) in [6.45, 7) is 7.71. The van der Waals surface area contributed by atoms with Crippen molar-refractivity contribution in [3.63, 3.8) is 0 Å². The van der Waals surface area contributed by atoms with Gasteiger partial charge in [-0.2, -0.15) is 0 Å². The van der Waals surface area contributed by atoms with E-state index < -0.39 is 0 Å². The van der Waals surface area contributed by atoms with Crippen LogP contribution >= 0.6 is 0 Å². The van der Waals surface area contributed by atoms with Gasteiger partial charge >= 0.3 is 0 Å². The summed E-state index contributed by atoms with van der Waals surface area (Å²) in [5.41, 5.74) is 1.17. The Balaban J connectivity index is 2.17. The minimum absolute atomic E-state index is 0.0204. The monoisotopic (exact) mass is 235 g/mol. The molecule has 1 heterocycles. The molecule has 0 saturated carbocycles. The molecule has 1 aliphatic rings. The zero-order valence-electron chi connectivity index (χ0n) is 10.8. The minimum atomic E-state index is -0.225. The molecule has 1 saturated heterocycles. The van der Waals surface area contributed by atoms with Gasteiger partial charge in [-0.1, -0.05) is 0 Å². The number of anilines is 1. The van der Waals surface area contributed by atoms with Gasteiger partial charge in [0.2, 0.25) is 0 Å². The number of β-amino-alcohol motifs (C(OH)–C–C–N with tert-alkyl or cyclic N) is 1. The van der Waals surface area contributed by atoms with E-state index in [4.69, 9.17) is 4.74 Å². The maximum atomic E-state index is 9.77. The molecule has 1 aromatic carbocycles. The van der Waals surface area contributed by atoms with E-state index in [0.29, 0.717) is 13.2 Å². The summed E-state index contributed by atoms with van der Waals surface area (Å²) in [6, 6.07) is 8.09. The van der Waals surface area contributed by atoms with Gasteiger partial charge in [0.15, 0.2) is 0 Å². The van der Waals surface area contributed by atoms with E-state index >= 15 is 0 Å². The lowest BCUT2D eigenvalue weighted by atomic mass is 10.0. The van der Waals surface area contributed by atoms with Gasteiger partial charge in [-0.3, -0.25) is 0 Å². The van der Waals surface area contributed by atoms with Gasteiger partial charge < -0.3 is 14.7 Å². The van der Waals surface area contributed by atoms with Crippen LogP contribution < -0.4 is 9.64 Å². The number of rotatable bonds is 3. The standard InChI is InChI=1S/C14H21NO2/c1-4-17-13-7-5-11(6-8-13)15-10-12(16)9-14(15,2)3/h5-8,12,16H,4,9-10H2,1-3H3. The first-order chi connectivity index (χ1) is 8.03. The molecule has 0 bridgehead atoms. The molecular formula is C14H21NO2. The maximum Gasteiger partial charge on any atom is 0.119 e. The highest BCUT2D eigenvalue weighted by Gasteiger charge is 2.37. The smallest absolute Gasteiger partial charge is 0.119 e. The molecule has 1 N–H and O–H groups in total. The zero-order valence-corrected chi connectivity index (χ0v) is 10.8. The van der Waals surface area contributed by atoms with Gasteiger partial charge in [0.25, 0.3) is 0 Å². The lowest BCUT2D eigenvalue weighted by molar-refractivity contribution is 0.188. The second-order valence-electron chi connectivity index (χ2n) is 5.21. The van der Waals surface area contributed by atoms with Gasteiger partial charge in [0.1, 0.15) is 5.75 Å². The van der Waals surface area contributed by atoms with Crippen LogP contribution in [0.25, 0.3) is 0 Å². The summed E-state index contributed by atoms with van der Waals surface area (Å²) in [5.74, 6) is 0.897. The molecule has 3 heteroatoms. The first-order valence-corrected chi connectivity index (χ1v) is 6.21. The van der Waals surface area contributed by atoms with Gasteiger partial charge in [0.05, 0.1) is 12.7 Å². The Morgan fingerprint density at radius 1 is 1.35 bits per heavy atom. The summed E-state index contributed by atoms with van der Waals surface area (Å²) >= 11 is 0. The van der Waals surface area contributed by atoms with Crippen molar-refractivity contribution in [1.82, 2.24) is 0 Å². The zero-order chi connectivity index (χ0) is 12.5. The molecule has 0 amide bonds. The molecule has 1 unspecified atom stereocenters. The molecule has 1 fully saturated rings. The van der Waals surface area contributed by atoms with Crippen LogP contribution in [0.4, 0.5) is 5.69 Å². The van der Waals surface area contributed by atoms with E-state index in [1.54, 1.807) is 0 Å². The van der Waals surface area contributed by atoms with E-state index in [9.17, 15) is 5.11 Å². The van der Waals surface area contributed by atoms with Crippen LogP contribution in [0.3, 0.4) is 0 Å². The second-order valence-corrected chi connectivity index (χ2v) is 5.21. The molecule has 0 radical (unpaired) electrons. The van der Waals surface area contributed by atoms with Crippen molar-refractivity contribution in [2.75, 3.05) is 18.1 Å². The number of ether oxygens (including phenoxy) is 1. The molecule has 1 aromatic rings. The third-order valence-electron chi connectivity index (χ3n) is 3.32. The molecular weight excluding hydrogens is 214 g/mol. The van der Waals surface area contributed by atoms with Crippen molar-refractivity contribution in [3.05, 3.63) is 24.3 Å². The molecule has 1 aliphatic heterocycles. The molecule has 0 spiro atoms. The SMILES string of the molecule is CCOc1ccc(N2CC(O)CC2(C)C)cc1. The Kier molecular flexibility index (Phi) is 3.29. The van der Waals surface area contributed by atoms with Gasteiger partial charge in [0, 0.05) is 17.8 Å². The molecule has 0 aliphatic carbocycles. The molecule has 2 rings (SSSR count). The Labute approximate surface area is 103 Å². The number of aliphatic hydroxyl groups excluding tert-OH is 1. The summed E-state index contributed by atoms with van der Waals surface area (Å²) < 4.78 is 5.43. The predicted octanol–water partition coefficient (Wildman–Crippen LogP) is 2.43. The Hall–Kier alpha value is -1.22. The fraction of sp³-hybridized carbons (Fsp3) is 0.571. The highest BCUT2D eigenvalue weighted by Crippen LogP contribution is 2.34. The van der Waals surface area contributed by atoms with E-state index in [1.165, 1.54) is 0 Å². The predicted molar refractivity (Wildman–Crippen MR) is 69.7 cm³/mol. The lowest BCUT2D eigenvalue weighted by Gasteiger charge is -2.33.